The van der Waals surface area contributed by atoms with Crippen molar-refractivity contribution >= 4 is 41.5 Å². The Morgan fingerprint density at radius 2 is 1.93 bits per heavy atom. The van der Waals surface area contributed by atoms with Gasteiger partial charge in [0.05, 0.1) is 4.75 Å². The van der Waals surface area contributed by atoms with Crippen LogP contribution in [0.25, 0.3) is 0 Å². The molecule has 0 aliphatic carbocycles. The Labute approximate surface area is 231 Å². The lowest BCUT2D eigenvalue weighted by Gasteiger charge is -2.49. The van der Waals surface area contributed by atoms with Crippen LogP contribution in [0.4, 0.5) is 10.6 Å². The van der Waals surface area contributed by atoms with Gasteiger partial charge in [-0.2, -0.15) is 0 Å². The molecule has 0 spiro atoms. The van der Waals surface area contributed by atoms with Gasteiger partial charge in [-0.05, 0) is 30.9 Å². The quantitative estimate of drug-likeness (QED) is 0.169. The minimum absolute atomic E-state index is 0.0787. The molecule has 0 unspecified atom stereocenters. The van der Waals surface area contributed by atoms with Crippen molar-refractivity contribution in [1.29, 1.82) is 0 Å². The lowest BCUT2D eigenvalue weighted by atomic mass is 9.81. The van der Waals surface area contributed by atoms with Gasteiger partial charge < -0.3 is 39.6 Å². The summed E-state index contributed by atoms with van der Waals surface area (Å²) >= 11 is 1.16. The number of nitrogens with one attached hydrogen (secondary N) is 1. The normalized spacial score (nSPS) is 22.6. The average Bonchev–Trinajstić information content (AvgIpc) is 3.38. The molecule has 2 saturated heterocycles. The maximum absolute atomic E-state index is 13.1. The van der Waals surface area contributed by atoms with Gasteiger partial charge in [-0.1, -0.05) is 18.2 Å². The van der Waals surface area contributed by atoms with E-state index in [4.69, 9.17) is 14.2 Å². The van der Waals surface area contributed by atoms with Crippen LogP contribution in [-0.4, -0.2) is 89.9 Å². The number of amides is 2. The van der Waals surface area contributed by atoms with Crippen LogP contribution >= 0.6 is 11.8 Å². The maximum Gasteiger partial charge on any atom is 0.508 e. The number of hydrogen-bond acceptors (Lipinski definition) is 11. The zero-order valence-corrected chi connectivity index (χ0v) is 22.6. The lowest BCUT2D eigenvalue weighted by molar-refractivity contribution is -0.392. The molecule has 0 bridgehead atoms. The van der Waals surface area contributed by atoms with Crippen molar-refractivity contribution < 1.29 is 43.4 Å². The van der Waals surface area contributed by atoms with E-state index >= 15 is 0 Å². The molecule has 2 N–H and O–H groups in total. The minimum Gasteiger partial charge on any atom is -0.484 e. The Balaban J connectivity index is 1.36. The number of ether oxygens (including phenoxy) is 3. The number of carboxylic acids is 1. The zero-order valence-electron chi connectivity index (χ0n) is 21.8. The van der Waals surface area contributed by atoms with Gasteiger partial charge >= 0.3 is 17.9 Å². The van der Waals surface area contributed by atoms with E-state index in [1.165, 1.54) is 4.57 Å². The number of fused-ring (bicyclic) bond motifs is 1. The molecule has 15 nitrogen and oxygen atoms in total. The number of carbonyl (C=O) groups excluding carboxylic acids is 3. The van der Waals surface area contributed by atoms with E-state index in [0.717, 1.165) is 22.9 Å². The van der Waals surface area contributed by atoms with Gasteiger partial charge in [0.15, 0.2) is 18.0 Å². The summed E-state index contributed by atoms with van der Waals surface area (Å²) in [5, 5.41) is 23.2. The number of imidazole rings is 1. The molecule has 2 fully saturated rings. The van der Waals surface area contributed by atoms with Gasteiger partial charge in [-0.25, -0.2) is 19.1 Å². The number of carbonyl (C=O) groups is 4. The highest BCUT2D eigenvalue weighted by atomic mass is 32.2. The molecule has 0 radical (unpaired) electrons. The molecule has 1 aromatic carbocycles. The number of nitro groups is 1. The molecule has 16 heteroatoms. The Morgan fingerprint density at radius 1 is 1.23 bits per heavy atom. The van der Waals surface area contributed by atoms with E-state index in [9.17, 15) is 34.4 Å². The first-order valence-corrected chi connectivity index (χ1v) is 12.9. The van der Waals surface area contributed by atoms with Crippen molar-refractivity contribution in [2.24, 2.45) is 0 Å². The van der Waals surface area contributed by atoms with Gasteiger partial charge in [-0.3, -0.25) is 9.59 Å². The Hall–Kier alpha value is -4.34. The fourth-order valence-electron chi connectivity index (χ4n) is 4.66. The monoisotopic (exact) mass is 577 g/mol. The highest BCUT2D eigenvalue weighted by molar-refractivity contribution is 8.01. The number of nitrogens with zero attached hydrogens (tertiary/aromatic N) is 4. The van der Waals surface area contributed by atoms with Crippen LogP contribution in [0.1, 0.15) is 19.7 Å². The van der Waals surface area contributed by atoms with Crippen LogP contribution < -0.4 is 10.1 Å². The first-order valence-electron chi connectivity index (χ1n) is 12.1. The summed E-state index contributed by atoms with van der Waals surface area (Å²) in [6, 6.07) is 7.64. The first-order chi connectivity index (χ1) is 18.9. The molecule has 3 atom stereocenters. The van der Waals surface area contributed by atoms with Crippen LogP contribution in [0.2, 0.25) is 0 Å². The third-order valence-corrected chi connectivity index (χ3v) is 8.46. The van der Waals surface area contributed by atoms with Crippen molar-refractivity contribution in [3.05, 3.63) is 52.5 Å². The number of rotatable bonds is 11. The summed E-state index contributed by atoms with van der Waals surface area (Å²) in [6.07, 6.45) is -0.127. The fraction of sp³-hybridized carbons (Fsp3) is 0.458. The highest BCUT2D eigenvalue weighted by Gasteiger charge is 2.73. The highest BCUT2D eigenvalue weighted by Crippen LogP contribution is 2.57. The van der Waals surface area contributed by atoms with Crippen LogP contribution in [-0.2, 0) is 30.4 Å². The smallest absolute Gasteiger partial charge is 0.484 e. The molecular weight excluding hydrogens is 550 g/mol. The molecule has 2 aliphatic heterocycles. The Bertz CT molecular complexity index is 1330. The largest absolute Gasteiger partial charge is 0.508 e. The maximum atomic E-state index is 13.1. The van der Waals surface area contributed by atoms with Crippen molar-refractivity contribution in [3.8, 4) is 5.75 Å². The molecule has 40 heavy (non-hydrogen) atoms. The van der Waals surface area contributed by atoms with E-state index in [1.54, 1.807) is 51.1 Å². The summed E-state index contributed by atoms with van der Waals surface area (Å²) in [4.78, 5) is 65.8. The average molecular weight is 578 g/mol. The van der Waals surface area contributed by atoms with E-state index in [0.29, 0.717) is 11.6 Å². The van der Waals surface area contributed by atoms with Crippen molar-refractivity contribution in [3.63, 3.8) is 0 Å². The third-order valence-electron chi connectivity index (χ3n) is 6.80. The summed E-state index contributed by atoms with van der Waals surface area (Å²) in [7, 11) is 0. The summed E-state index contributed by atoms with van der Waals surface area (Å²) < 4.78 is 15.7. The predicted octanol–water partition coefficient (Wildman–Crippen LogP) is 1.33. The van der Waals surface area contributed by atoms with Crippen LogP contribution in [0, 0.1) is 17.0 Å². The molecule has 4 rings (SSSR count). The second-order valence-corrected chi connectivity index (χ2v) is 11.2. The van der Waals surface area contributed by atoms with E-state index < -0.39 is 57.2 Å². The number of thioether (sulfide) groups is 1. The van der Waals surface area contributed by atoms with Gasteiger partial charge in [0.1, 0.15) is 43.1 Å². The molecule has 0 saturated carbocycles. The number of aromatic nitrogens is 2. The van der Waals surface area contributed by atoms with Gasteiger partial charge in [0.2, 0.25) is 5.91 Å². The van der Waals surface area contributed by atoms with Gasteiger partial charge in [0, 0.05) is 6.92 Å². The molecule has 2 amide bonds. The Morgan fingerprint density at radius 3 is 2.58 bits per heavy atom. The first kappa shape index (κ1) is 28.7. The minimum atomic E-state index is -1.94. The van der Waals surface area contributed by atoms with E-state index in [1.807, 2.05) is 0 Å². The van der Waals surface area contributed by atoms with Gasteiger partial charge in [0.25, 0.3) is 5.91 Å². The fourth-order valence-corrected chi connectivity index (χ4v) is 6.42. The summed E-state index contributed by atoms with van der Waals surface area (Å²) in [6.45, 7) is 3.31. The lowest BCUT2D eigenvalue weighted by Crippen LogP contribution is -2.77. The Kier molecular flexibility index (Phi) is 7.91. The number of benzene rings is 1. The van der Waals surface area contributed by atoms with Gasteiger partial charge in [-0.15, -0.1) is 11.8 Å². The topological polar surface area (TPSA) is 192 Å². The number of hydrogen-bond donors (Lipinski definition) is 2. The molecule has 3 heterocycles. The number of aryl methyl sites for hydroxylation is 1. The van der Waals surface area contributed by atoms with Crippen LogP contribution in [0.15, 0.2) is 36.5 Å². The summed E-state index contributed by atoms with van der Waals surface area (Å²) in [5.74, 6) is -2.05. The van der Waals surface area contributed by atoms with Crippen molar-refractivity contribution in [1.82, 2.24) is 19.8 Å². The SMILES string of the molecule is Cc1ncc([N+](=O)[O-])n1CCOC(=O)OC[C@@]1(C(=O)O)N2C(=O)[C@@H](NC(=O)COc3ccccc3)[C@H]2SC1(C)C. The molecule has 2 aromatic rings. The predicted molar refractivity (Wildman–Crippen MR) is 137 cm³/mol. The number of β-lactam (4-membered cyclic amide) rings is 1. The number of para-hydroxylation sites is 1. The zero-order chi connectivity index (χ0) is 29.2. The van der Waals surface area contributed by atoms with E-state index in [-0.39, 0.29) is 25.6 Å². The van der Waals surface area contributed by atoms with Crippen molar-refractivity contribution in [2.75, 3.05) is 19.8 Å². The molecular formula is C24H27N5O10S. The van der Waals surface area contributed by atoms with E-state index in [2.05, 4.69) is 10.3 Å². The number of aliphatic carboxylic acids is 1. The standard InChI is InChI=1S/C24H27N5O10S/c1-14-25-11-17(29(35)36)27(14)9-10-37-22(34)39-13-24(21(32)33)23(2,3)40-20-18(19(31)28(20)24)26-16(30)12-38-15-7-5-4-6-8-15/h4-8,11,18,20H,9-10,12-13H2,1-3H3,(H,26,30)(H,32,33)/t18-,20-,24+/m1/s1. The molecule has 214 valence electrons. The third kappa shape index (κ3) is 5.13. The molecule has 1 aromatic heterocycles. The van der Waals surface area contributed by atoms with Crippen molar-refractivity contribution in [2.45, 2.75) is 49.0 Å². The number of carboxylic acid groups (broad SMARTS) is 1. The van der Waals surface area contributed by atoms with Crippen LogP contribution in [0.3, 0.4) is 0 Å². The second-order valence-electron chi connectivity index (χ2n) is 9.50. The second kappa shape index (κ2) is 11.0. The molecule has 2 aliphatic rings. The van der Waals surface area contributed by atoms with Crippen LogP contribution in [0.5, 0.6) is 5.75 Å². The summed E-state index contributed by atoms with van der Waals surface area (Å²) in [5.41, 5.74) is -1.94.